The number of guanidine groups is 1. The second-order valence-corrected chi connectivity index (χ2v) is 7.79. The molecule has 0 aromatic heterocycles. The van der Waals surface area contributed by atoms with Crippen molar-refractivity contribution in [1.29, 1.82) is 0 Å². The Morgan fingerprint density at radius 1 is 1.19 bits per heavy atom. The quantitative estimate of drug-likeness (QED) is 0.683. The van der Waals surface area contributed by atoms with E-state index in [2.05, 4.69) is 24.8 Å². The smallest absolute Gasteiger partial charge is 0.264 e. The molecule has 1 aromatic carbocycles. The number of nitrogens with one attached hydrogen (secondary N) is 2. The second kappa shape index (κ2) is 8.67. The molecule has 2 aliphatic rings. The lowest BCUT2D eigenvalue weighted by atomic mass is 10.3. The minimum atomic E-state index is -3.67. The van der Waals surface area contributed by atoms with Gasteiger partial charge in [-0.2, -0.15) is 0 Å². The van der Waals surface area contributed by atoms with E-state index in [1.165, 1.54) is 19.2 Å². The predicted octanol–water partition coefficient (Wildman–Crippen LogP) is -0.518. The molecule has 0 atom stereocenters. The van der Waals surface area contributed by atoms with Gasteiger partial charge in [-0.3, -0.25) is 9.80 Å². The molecule has 3 rings (SSSR count). The average molecular weight is 383 g/mol. The summed E-state index contributed by atoms with van der Waals surface area (Å²) in [5, 5.41) is 3.02. The van der Waals surface area contributed by atoms with Crippen LogP contribution >= 0.6 is 0 Å². The number of morpholine rings is 1. The van der Waals surface area contributed by atoms with Gasteiger partial charge in [0.05, 0.1) is 38.6 Å². The van der Waals surface area contributed by atoms with Gasteiger partial charge in [0, 0.05) is 26.2 Å². The van der Waals surface area contributed by atoms with Crippen molar-refractivity contribution in [3.05, 3.63) is 24.3 Å². The summed E-state index contributed by atoms with van der Waals surface area (Å²) < 4.78 is 37.7. The van der Waals surface area contributed by atoms with E-state index in [-0.39, 0.29) is 10.9 Å². The van der Waals surface area contributed by atoms with Crippen LogP contribution in [0.3, 0.4) is 0 Å². The standard InChI is InChI=1S/C16H25N5O4S/c1-24-14-2-4-15(5-3-14)26(22,23)19-16-17-12-21(13-18-16)7-6-20-8-10-25-11-9-20/h2-5H,6-13H2,1H3,(H2,17,18,19). The molecular weight excluding hydrogens is 358 g/mol. The van der Waals surface area contributed by atoms with E-state index in [9.17, 15) is 8.42 Å². The van der Waals surface area contributed by atoms with Crippen LogP contribution in [0.2, 0.25) is 0 Å². The molecule has 0 aliphatic carbocycles. The fourth-order valence-corrected chi connectivity index (χ4v) is 3.73. The van der Waals surface area contributed by atoms with Crippen molar-refractivity contribution < 1.29 is 17.9 Å². The van der Waals surface area contributed by atoms with E-state index in [0.717, 1.165) is 39.4 Å². The number of methoxy groups -OCH3 is 1. The monoisotopic (exact) mass is 383 g/mol. The summed E-state index contributed by atoms with van der Waals surface area (Å²) in [6.07, 6.45) is 0. The first-order valence-electron chi connectivity index (χ1n) is 8.54. The first-order chi connectivity index (χ1) is 12.6. The molecule has 0 spiro atoms. The number of benzene rings is 1. The van der Waals surface area contributed by atoms with Crippen LogP contribution in [0.15, 0.2) is 34.2 Å². The van der Waals surface area contributed by atoms with Gasteiger partial charge in [-0.25, -0.2) is 18.1 Å². The lowest BCUT2D eigenvalue weighted by Gasteiger charge is -2.31. The fourth-order valence-electron chi connectivity index (χ4n) is 2.73. The molecule has 0 bridgehead atoms. The van der Waals surface area contributed by atoms with Crippen molar-refractivity contribution in [2.24, 2.45) is 4.99 Å². The highest BCUT2D eigenvalue weighted by Crippen LogP contribution is 2.15. The van der Waals surface area contributed by atoms with Gasteiger partial charge in [0.15, 0.2) is 0 Å². The minimum absolute atomic E-state index is 0.164. The normalized spacial score (nSPS) is 19.5. The summed E-state index contributed by atoms with van der Waals surface area (Å²) in [5.74, 6) is 0.872. The van der Waals surface area contributed by atoms with Gasteiger partial charge in [0.2, 0.25) is 5.96 Å². The first-order valence-corrected chi connectivity index (χ1v) is 10.0. The third-order valence-electron chi connectivity index (χ3n) is 4.34. The van der Waals surface area contributed by atoms with Crippen LogP contribution in [0.1, 0.15) is 0 Å². The number of ether oxygens (including phenoxy) is 2. The van der Waals surface area contributed by atoms with Gasteiger partial charge < -0.3 is 14.8 Å². The molecule has 1 fully saturated rings. The third kappa shape index (κ3) is 5.07. The molecule has 2 aliphatic heterocycles. The summed E-state index contributed by atoms with van der Waals surface area (Å²) in [5.41, 5.74) is 0. The number of rotatable bonds is 6. The highest BCUT2D eigenvalue weighted by atomic mass is 32.2. The summed E-state index contributed by atoms with van der Waals surface area (Å²) in [4.78, 5) is 8.94. The van der Waals surface area contributed by atoms with Crippen molar-refractivity contribution in [2.75, 3.05) is 59.8 Å². The number of hydrogen-bond donors (Lipinski definition) is 2. The minimum Gasteiger partial charge on any atom is -0.497 e. The molecule has 1 aromatic rings. The Kier molecular flexibility index (Phi) is 6.30. The number of hydrogen-bond acceptors (Lipinski definition) is 8. The summed E-state index contributed by atoms with van der Waals surface area (Å²) in [6.45, 7) is 6.31. The maximum Gasteiger partial charge on any atom is 0.264 e. The Labute approximate surface area is 154 Å². The first kappa shape index (κ1) is 18.9. The molecule has 2 heterocycles. The molecular formula is C16H25N5O4S. The topological polar surface area (TPSA) is 95.5 Å². The van der Waals surface area contributed by atoms with Gasteiger partial charge in [0.1, 0.15) is 5.75 Å². The Morgan fingerprint density at radius 2 is 1.88 bits per heavy atom. The lowest BCUT2D eigenvalue weighted by molar-refractivity contribution is 0.0331. The maximum atomic E-state index is 12.4. The lowest BCUT2D eigenvalue weighted by Crippen LogP contribution is -2.51. The molecule has 0 saturated carbocycles. The van der Waals surface area contributed by atoms with Gasteiger partial charge in [-0.1, -0.05) is 0 Å². The van der Waals surface area contributed by atoms with E-state index >= 15 is 0 Å². The molecule has 2 N–H and O–H groups in total. The van der Waals surface area contributed by atoms with Crippen molar-refractivity contribution in [3.8, 4) is 5.75 Å². The van der Waals surface area contributed by atoms with Crippen LogP contribution in [0, 0.1) is 0 Å². The van der Waals surface area contributed by atoms with Gasteiger partial charge in [-0.05, 0) is 24.3 Å². The van der Waals surface area contributed by atoms with Gasteiger partial charge >= 0.3 is 0 Å². The Bertz CT molecular complexity index is 717. The van der Waals surface area contributed by atoms with E-state index in [0.29, 0.717) is 19.1 Å². The van der Waals surface area contributed by atoms with Gasteiger partial charge in [-0.15, -0.1) is 0 Å². The van der Waals surface area contributed by atoms with Crippen LogP contribution in [-0.4, -0.2) is 84.0 Å². The molecule has 0 amide bonds. The zero-order valence-corrected chi connectivity index (χ0v) is 15.7. The van der Waals surface area contributed by atoms with Crippen LogP contribution in [0.25, 0.3) is 0 Å². The van der Waals surface area contributed by atoms with Crippen molar-refractivity contribution in [1.82, 2.24) is 19.8 Å². The van der Waals surface area contributed by atoms with E-state index in [1.54, 1.807) is 12.1 Å². The highest BCUT2D eigenvalue weighted by molar-refractivity contribution is 7.90. The van der Waals surface area contributed by atoms with Crippen LogP contribution in [0.4, 0.5) is 0 Å². The van der Waals surface area contributed by atoms with Crippen LogP contribution in [-0.2, 0) is 14.8 Å². The number of sulfonamides is 1. The van der Waals surface area contributed by atoms with E-state index < -0.39 is 10.0 Å². The molecule has 1 saturated heterocycles. The maximum absolute atomic E-state index is 12.4. The zero-order chi connectivity index (χ0) is 18.4. The number of aliphatic imine (C=N–C) groups is 1. The third-order valence-corrected chi connectivity index (χ3v) is 5.69. The Hall–Kier alpha value is -1.88. The van der Waals surface area contributed by atoms with E-state index in [1.807, 2.05) is 0 Å². The number of nitrogens with zero attached hydrogens (tertiary/aromatic N) is 3. The second-order valence-electron chi connectivity index (χ2n) is 6.11. The molecule has 0 unspecified atom stereocenters. The van der Waals surface area contributed by atoms with Crippen LogP contribution in [0.5, 0.6) is 5.75 Å². The predicted molar refractivity (Wildman–Crippen MR) is 97.6 cm³/mol. The zero-order valence-electron chi connectivity index (χ0n) is 14.8. The summed E-state index contributed by atoms with van der Waals surface area (Å²) in [7, 11) is -2.14. The van der Waals surface area contributed by atoms with Crippen molar-refractivity contribution in [3.63, 3.8) is 0 Å². The average Bonchev–Trinajstić information content (AvgIpc) is 2.68. The Morgan fingerprint density at radius 3 is 2.50 bits per heavy atom. The van der Waals surface area contributed by atoms with Gasteiger partial charge in [0.25, 0.3) is 10.0 Å². The largest absolute Gasteiger partial charge is 0.497 e. The molecule has 9 nitrogen and oxygen atoms in total. The molecule has 10 heteroatoms. The van der Waals surface area contributed by atoms with Crippen LogP contribution < -0.4 is 14.8 Å². The van der Waals surface area contributed by atoms with E-state index in [4.69, 9.17) is 9.47 Å². The van der Waals surface area contributed by atoms with Crippen molar-refractivity contribution in [2.45, 2.75) is 4.90 Å². The highest BCUT2D eigenvalue weighted by Gasteiger charge is 2.20. The summed E-state index contributed by atoms with van der Waals surface area (Å²) >= 11 is 0. The molecule has 0 radical (unpaired) electrons. The molecule has 144 valence electrons. The van der Waals surface area contributed by atoms with Crippen molar-refractivity contribution >= 4 is 16.0 Å². The summed E-state index contributed by atoms with van der Waals surface area (Å²) in [6, 6.07) is 6.22. The Balaban J connectivity index is 1.50. The SMILES string of the molecule is COc1ccc(S(=O)(=O)NC2=NCN(CCN3CCOCC3)CN2)cc1. The fraction of sp³-hybridized carbons (Fsp3) is 0.562. The molecule has 26 heavy (non-hydrogen) atoms.